The Balaban J connectivity index is 1.97. The van der Waals surface area contributed by atoms with E-state index in [1.807, 2.05) is 37.8 Å². The number of amides is 1. The SMILES string of the molecule is CC(C)(C)OC(=O)N1CCN(c2cccc(N)c2O)CC1. The molecule has 1 amide bonds. The van der Waals surface area contributed by atoms with Crippen LogP contribution in [0.4, 0.5) is 16.2 Å². The van der Waals surface area contributed by atoms with E-state index in [-0.39, 0.29) is 11.8 Å². The first-order chi connectivity index (χ1) is 9.78. The standard InChI is InChI=1S/C15H23N3O3/c1-15(2,3)21-14(20)18-9-7-17(8-10-18)12-6-4-5-11(16)13(12)19/h4-6,19H,7-10,16H2,1-3H3. The van der Waals surface area contributed by atoms with E-state index in [0.717, 1.165) is 0 Å². The third-order valence-electron chi connectivity index (χ3n) is 3.32. The Kier molecular flexibility index (Phi) is 4.16. The van der Waals surface area contributed by atoms with Crippen molar-refractivity contribution in [2.45, 2.75) is 26.4 Å². The highest BCUT2D eigenvalue weighted by atomic mass is 16.6. The molecule has 0 aliphatic carbocycles. The third-order valence-corrected chi connectivity index (χ3v) is 3.32. The first-order valence-corrected chi connectivity index (χ1v) is 7.08. The third kappa shape index (κ3) is 3.71. The number of ether oxygens (including phenoxy) is 1. The number of nitrogen functional groups attached to an aromatic ring is 1. The first-order valence-electron chi connectivity index (χ1n) is 7.08. The summed E-state index contributed by atoms with van der Waals surface area (Å²) in [5, 5.41) is 10.0. The number of nitrogens with zero attached hydrogens (tertiary/aromatic N) is 2. The van der Waals surface area contributed by atoms with Crippen molar-refractivity contribution in [3.8, 4) is 5.75 Å². The van der Waals surface area contributed by atoms with E-state index in [9.17, 15) is 9.90 Å². The summed E-state index contributed by atoms with van der Waals surface area (Å²) in [5.74, 6) is 0.100. The number of benzene rings is 1. The normalized spacial score (nSPS) is 16.0. The Bertz CT molecular complexity index is 517. The molecule has 0 atom stereocenters. The molecule has 116 valence electrons. The van der Waals surface area contributed by atoms with Gasteiger partial charge in [0.2, 0.25) is 0 Å². The summed E-state index contributed by atoms with van der Waals surface area (Å²) in [6.45, 7) is 7.95. The van der Waals surface area contributed by atoms with Crippen LogP contribution in [-0.2, 0) is 4.74 Å². The molecule has 0 radical (unpaired) electrons. The molecule has 0 aromatic heterocycles. The minimum atomic E-state index is -0.486. The molecule has 6 heteroatoms. The number of para-hydroxylation sites is 1. The zero-order valence-electron chi connectivity index (χ0n) is 12.8. The van der Waals surface area contributed by atoms with Gasteiger partial charge >= 0.3 is 6.09 Å². The number of carbonyl (C=O) groups excluding carboxylic acids is 1. The Morgan fingerprint density at radius 1 is 1.24 bits per heavy atom. The Morgan fingerprint density at radius 2 is 1.86 bits per heavy atom. The number of hydrogen-bond donors (Lipinski definition) is 2. The second kappa shape index (κ2) is 5.71. The number of piperazine rings is 1. The van der Waals surface area contributed by atoms with E-state index in [1.54, 1.807) is 11.0 Å². The second-order valence-corrected chi connectivity index (χ2v) is 6.17. The smallest absolute Gasteiger partial charge is 0.410 e. The Hall–Kier alpha value is -2.11. The van der Waals surface area contributed by atoms with Crippen LogP contribution in [0.1, 0.15) is 20.8 Å². The van der Waals surface area contributed by atoms with Crippen molar-refractivity contribution in [2.24, 2.45) is 0 Å². The predicted molar refractivity (Wildman–Crippen MR) is 82.5 cm³/mol. The van der Waals surface area contributed by atoms with E-state index < -0.39 is 5.60 Å². The number of hydrogen-bond acceptors (Lipinski definition) is 5. The molecule has 1 heterocycles. The van der Waals surface area contributed by atoms with Crippen LogP contribution in [0.2, 0.25) is 0 Å². The number of aromatic hydroxyl groups is 1. The van der Waals surface area contributed by atoms with Crippen molar-refractivity contribution in [1.29, 1.82) is 0 Å². The van der Waals surface area contributed by atoms with Crippen LogP contribution >= 0.6 is 0 Å². The number of nitrogens with two attached hydrogens (primary N) is 1. The summed E-state index contributed by atoms with van der Waals surface area (Å²) >= 11 is 0. The van der Waals surface area contributed by atoms with E-state index in [0.29, 0.717) is 37.6 Å². The van der Waals surface area contributed by atoms with Crippen LogP contribution in [0.25, 0.3) is 0 Å². The van der Waals surface area contributed by atoms with Gasteiger partial charge in [-0.25, -0.2) is 4.79 Å². The van der Waals surface area contributed by atoms with Gasteiger partial charge in [0.05, 0.1) is 11.4 Å². The summed E-state index contributed by atoms with van der Waals surface area (Å²) < 4.78 is 5.36. The predicted octanol–water partition coefficient (Wildman–Crippen LogP) is 2.03. The fourth-order valence-electron chi connectivity index (χ4n) is 2.26. The maximum Gasteiger partial charge on any atom is 0.410 e. The minimum Gasteiger partial charge on any atom is -0.504 e. The lowest BCUT2D eigenvalue weighted by Crippen LogP contribution is -2.50. The highest BCUT2D eigenvalue weighted by Crippen LogP contribution is 2.33. The van der Waals surface area contributed by atoms with Gasteiger partial charge in [0.15, 0.2) is 5.75 Å². The van der Waals surface area contributed by atoms with Crippen molar-refractivity contribution in [3.05, 3.63) is 18.2 Å². The van der Waals surface area contributed by atoms with Crippen LogP contribution in [0.5, 0.6) is 5.75 Å². The first kappa shape index (κ1) is 15.3. The Morgan fingerprint density at radius 3 is 2.43 bits per heavy atom. The van der Waals surface area contributed by atoms with E-state index in [4.69, 9.17) is 10.5 Å². The van der Waals surface area contributed by atoms with Gasteiger partial charge in [0.25, 0.3) is 0 Å². The van der Waals surface area contributed by atoms with Crippen LogP contribution in [0.3, 0.4) is 0 Å². The maximum absolute atomic E-state index is 12.0. The van der Waals surface area contributed by atoms with Crippen LogP contribution < -0.4 is 10.6 Å². The molecule has 1 aromatic carbocycles. The molecule has 1 fully saturated rings. The average molecular weight is 293 g/mol. The molecule has 0 bridgehead atoms. The van der Waals surface area contributed by atoms with Crippen molar-refractivity contribution >= 4 is 17.5 Å². The molecule has 1 saturated heterocycles. The van der Waals surface area contributed by atoms with Crippen molar-refractivity contribution in [1.82, 2.24) is 4.90 Å². The van der Waals surface area contributed by atoms with Gasteiger partial charge in [-0.05, 0) is 32.9 Å². The molecular weight excluding hydrogens is 270 g/mol. The zero-order valence-corrected chi connectivity index (χ0v) is 12.8. The van der Waals surface area contributed by atoms with E-state index in [2.05, 4.69) is 0 Å². The highest BCUT2D eigenvalue weighted by Gasteiger charge is 2.26. The molecular formula is C15H23N3O3. The molecule has 6 nitrogen and oxygen atoms in total. The van der Waals surface area contributed by atoms with Crippen LogP contribution in [-0.4, -0.2) is 47.9 Å². The molecule has 21 heavy (non-hydrogen) atoms. The van der Waals surface area contributed by atoms with Gasteiger partial charge in [-0.1, -0.05) is 6.07 Å². The van der Waals surface area contributed by atoms with Gasteiger partial charge in [-0.3, -0.25) is 0 Å². The highest BCUT2D eigenvalue weighted by molar-refractivity contribution is 5.71. The van der Waals surface area contributed by atoms with Crippen molar-refractivity contribution in [2.75, 3.05) is 36.8 Å². The quantitative estimate of drug-likeness (QED) is 0.612. The fraction of sp³-hybridized carbons (Fsp3) is 0.533. The van der Waals surface area contributed by atoms with Crippen LogP contribution in [0.15, 0.2) is 18.2 Å². The number of rotatable bonds is 1. The van der Waals surface area contributed by atoms with Gasteiger partial charge < -0.3 is 25.4 Å². The van der Waals surface area contributed by atoms with Gasteiger partial charge in [0, 0.05) is 26.2 Å². The lowest BCUT2D eigenvalue weighted by atomic mass is 10.2. The molecule has 1 aliphatic rings. The average Bonchev–Trinajstić information content (AvgIpc) is 2.40. The molecule has 0 saturated carbocycles. The van der Waals surface area contributed by atoms with Crippen LogP contribution in [0, 0.1) is 0 Å². The van der Waals surface area contributed by atoms with Gasteiger partial charge in [-0.15, -0.1) is 0 Å². The van der Waals surface area contributed by atoms with Crippen molar-refractivity contribution in [3.63, 3.8) is 0 Å². The molecule has 3 N–H and O–H groups in total. The van der Waals surface area contributed by atoms with Gasteiger partial charge in [-0.2, -0.15) is 0 Å². The van der Waals surface area contributed by atoms with E-state index >= 15 is 0 Å². The second-order valence-electron chi connectivity index (χ2n) is 6.17. The summed E-state index contributed by atoms with van der Waals surface area (Å²) in [6, 6.07) is 5.30. The lowest BCUT2D eigenvalue weighted by Gasteiger charge is -2.37. The topological polar surface area (TPSA) is 79.0 Å². The molecule has 0 unspecified atom stereocenters. The Labute approximate surface area is 125 Å². The monoisotopic (exact) mass is 293 g/mol. The maximum atomic E-state index is 12.0. The minimum absolute atomic E-state index is 0.100. The summed E-state index contributed by atoms with van der Waals surface area (Å²) in [7, 11) is 0. The molecule has 2 rings (SSSR count). The molecule has 0 spiro atoms. The lowest BCUT2D eigenvalue weighted by molar-refractivity contribution is 0.0240. The van der Waals surface area contributed by atoms with E-state index in [1.165, 1.54) is 0 Å². The number of carbonyl (C=O) groups is 1. The molecule has 1 aromatic rings. The number of phenolic OH excluding ortho intramolecular Hbond substituents is 1. The summed E-state index contributed by atoms with van der Waals surface area (Å²) in [5.41, 5.74) is 6.30. The zero-order chi connectivity index (χ0) is 15.6. The molecule has 1 aliphatic heterocycles. The number of anilines is 2. The largest absolute Gasteiger partial charge is 0.504 e. The van der Waals surface area contributed by atoms with Crippen molar-refractivity contribution < 1.29 is 14.6 Å². The summed E-state index contributed by atoms with van der Waals surface area (Å²) in [4.78, 5) is 15.7. The number of phenols is 1. The van der Waals surface area contributed by atoms with Gasteiger partial charge in [0.1, 0.15) is 5.60 Å². The summed E-state index contributed by atoms with van der Waals surface area (Å²) in [6.07, 6.45) is -0.293. The fourth-order valence-corrected chi connectivity index (χ4v) is 2.26.